The molecule has 0 spiro atoms. The number of benzene rings is 2. The summed E-state index contributed by atoms with van der Waals surface area (Å²) in [5.74, 6) is -0.570. The average Bonchev–Trinajstić information content (AvgIpc) is 2.61. The Balaban J connectivity index is 1.85. The minimum atomic E-state index is -3.76. The van der Waals surface area contributed by atoms with Crippen LogP contribution in [0.5, 0.6) is 0 Å². The van der Waals surface area contributed by atoms with Gasteiger partial charge < -0.3 is 10.6 Å². The molecule has 27 heavy (non-hydrogen) atoms. The molecule has 0 aliphatic heterocycles. The molecule has 0 aromatic heterocycles. The van der Waals surface area contributed by atoms with Gasteiger partial charge in [0, 0.05) is 31.3 Å². The fraction of sp³-hybridized carbons (Fsp3) is 0.176. The molecule has 0 unspecified atom stereocenters. The molecule has 10 heteroatoms. The third-order valence-corrected chi connectivity index (χ3v) is 5.57. The van der Waals surface area contributed by atoms with Crippen LogP contribution < -0.4 is 15.4 Å². The standard InChI is InChI=1S/C17H17Cl2N3O4S/c1-11(23)22-13-4-2-12(3-5-13)17(24)20-8-9-21-27(25,26)14-6-7-15(18)16(19)10-14/h2-7,10,21H,8-9H2,1H3,(H,20,24)(H,22,23). The second-order valence-electron chi connectivity index (χ2n) is 5.49. The van der Waals surface area contributed by atoms with Gasteiger partial charge in [0.05, 0.1) is 14.9 Å². The van der Waals surface area contributed by atoms with Crippen LogP contribution in [0, 0.1) is 0 Å². The van der Waals surface area contributed by atoms with Gasteiger partial charge in [0.2, 0.25) is 15.9 Å². The Bertz CT molecular complexity index is 947. The molecule has 0 saturated carbocycles. The molecule has 7 nitrogen and oxygen atoms in total. The summed E-state index contributed by atoms with van der Waals surface area (Å²) in [5.41, 5.74) is 0.963. The molecule has 0 fully saturated rings. The second-order valence-corrected chi connectivity index (χ2v) is 8.07. The molecule has 2 aromatic rings. The van der Waals surface area contributed by atoms with E-state index in [9.17, 15) is 18.0 Å². The number of hydrogen-bond donors (Lipinski definition) is 3. The molecule has 2 rings (SSSR count). The number of hydrogen-bond acceptors (Lipinski definition) is 4. The molecule has 2 aromatic carbocycles. The molecular weight excluding hydrogens is 413 g/mol. The predicted molar refractivity (Wildman–Crippen MR) is 105 cm³/mol. The van der Waals surface area contributed by atoms with Crippen LogP contribution >= 0.6 is 23.2 Å². The number of carbonyl (C=O) groups is 2. The average molecular weight is 430 g/mol. The summed E-state index contributed by atoms with van der Waals surface area (Å²) < 4.78 is 26.7. The van der Waals surface area contributed by atoms with Gasteiger partial charge in [-0.1, -0.05) is 23.2 Å². The van der Waals surface area contributed by atoms with Crippen LogP contribution in [0.15, 0.2) is 47.4 Å². The minimum absolute atomic E-state index is 0.00169. The maximum Gasteiger partial charge on any atom is 0.251 e. The van der Waals surface area contributed by atoms with Crippen molar-refractivity contribution in [2.75, 3.05) is 18.4 Å². The smallest absolute Gasteiger partial charge is 0.251 e. The highest BCUT2D eigenvalue weighted by molar-refractivity contribution is 7.89. The maximum atomic E-state index is 12.2. The number of halogens is 2. The van der Waals surface area contributed by atoms with Crippen LogP contribution in [-0.4, -0.2) is 33.3 Å². The Morgan fingerprint density at radius 3 is 2.22 bits per heavy atom. The summed E-state index contributed by atoms with van der Waals surface area (Å²) in [7, 11) is -3.76. The molecule has 0 saturated heterocycles. The van der Waals surface area contributed by atoms with Crippen molar-refractivity contribution >= 4 is 50.7 Å². The number of amides is 2. The summed E-state index contributed by atoms with van der Waals surface area (Å²) in [5, 5.41) is 5.59. The van der Waals surface area contributed by atoms with E-state index in [0.717, 1.165) is 0 Å². The van der Waals surface area contributed by atoms with Crippen molar-refractivity contribution in [3.05, 3.63) is 58.1 Å². The van der Waals surface area contributed by atoms with Gasteiger partial charge in [-0.05, 0) is 42.5 Å². The number of carbonyl (C=O) groups excluding carboxylic acids is 2. The van der Waals surface area contributed by atoms with Crippen molar-refractivity contribution in [2.24, 2.45) is 0 Å². The van der Waals surface area contributed by atoms with Gasteiger partial charge in [-0.3, -0.25) is 9.59 Å². The van der Waals surface area contributed by atoms with Gasteiger partial charge in [0.1, 0.15) is 0 Å². The zero-order chi connectivity index (χ0) is 20.0. The normalized spacial score (nSPS) is 11.1. The fourth-order valence-corrected chi connectivity index (χ4v) is 3.52. The molecule has 0 bridgehead atoms. The Morgan fingerprint density at radius 2 is 1.63 bits per heavy atom. The van der Waals surface area contributed by atoms with Gasteiger partial charge in [-0.2, -0.15) is 0 Å². The van der Waals surface area contributed by atoms with E-state index in [-0.39, 0.29) is 39.8 Å². The van der Waals surface area contributed by atoms with Gasteiger partial charge in [-0.25, -0.2) is 13.1 Å². The van der Waals surface area contributed by atoms with E-state index in [1.807, 2.05) is 0 Å². The van der Waals surface area contributed by atoms with E-state index in [4.69, 9.17) is 23.2 Å². The van der Waals surface area contributed by atoms with Gasteiger partial charge in [0.25, 0.3) is 5.91 Å². The summed E-state index contributed by atoms with van der Waals surface area (Å²) in [6.45, 7) is 1.48. The first-order valence-corrected chi connectivity index (χ1v) is 10.0. The molecule has 2 amide bonds. The van der Waals surface area contributed by atoms with Gasteiger partial charge in [-0.15, -0.1) is 0 Å². The second kappa shape index (κ2) is 9.18. The van der Waals surface area contributed by atoms with E-state index >= 15 is 0 Å². The lowest BCUT2D eigenvalue weighted by atomic mass is 10.2. The lowest BCUT2D eigenvalue weighted by Gasteiger charge is -2.09. The number of sulfonamides is 1. The van der Waals surface area contributed by atoms with Crippen molar-refractivity contribution in [2.45, 2.75) is 11.8 Å². The summed E-state index contributed by atoms with van der Waals surface area (Å²) in [4.78, 5) is 23.0. The molecule has 0 atom stereocenters. The highest BCUT2D eigenvalue weighted by atomic mass is 35.5. The van der Waals surface area contributed by atoms with Crippen LogP contribution in [0.2, 0.25) is 10.0 Å². The number of anilines is 1. The van der Waals surface area contributed by atoms with Crippen LogP contribution in [0.3, 0.4) is 0 Å². The quantitative estimate of drug-likeness (QED) is 0.588. The molecule has 3 N–H and O–H groups in total. The molecule has 144 valence electrons. The van der Waals surface area contributed by atoms with Crippen LogP contribution in [0.4, 0.5) is 5.69 Å². The monoisotopic (exact) mass is 429 g/mol. The third kappa shape index (κ3) is 6.21. The molecule has 0 radical (unpaired) electrons. The number of rotatable bonds is 7. The number of nitrogens with one attached hydrogen (secondary N) is 3. The van der Waals surface area contributed by atoms with Crippen LogP contribution in [0.25, 0.3) is 0 Å². The van der Waals surface area contributed by atoms with E-state index < -0.39 is 10.0 Å². The lowest BCUT2D eigenvalue weighted by Crippen LogP contribution is -2.34. The fourth-order valence-electron chi connectivity index (χ4n) is 2.10. The van der Waals surface area contributed by atoms with Crippen LogP contribution in [0.1, 0.15) is 17.3 Å². The Hall–Kier alpha value is -2.13. The van der Waals surface area contributed by atoms with Crippen molar-refractivity contribution in [3.63, 3.8) is 0 Å². The first kappa shape index (κ1) is 21.2. The van der Waals surface area contributed by atoms with E-state index in [2.05, 4.69) is 15.4 Å². The highest BCUT2D eigenvalue weighted by Crippen LogP contribution is 2.24. The maximum absolute atomic E-state index is 12.2. The minimum Gasteiger partial charge on any atom is -0.351 e. The van der Waals surface area contributed by atoms with Crippen molar-refractivity contribution < 1.29 is 18.0 Å². The zero-order valence-corrected chi connectivity index (χ0v) is 16.6. The predicted octanol–water partition coefficient (Wildman–Crippen LogP) is 2.66. The van der Waals surface area contributed by atoms with Gasteiger partial charge >= 0.3 is 0 Å². The molecule has 0 aliphatic rings. The lowest BCUT2D eigenvalue weighted by molar-refractivity contribution is -0.114. The molecule has 0 aliphatic carbocycles. The highest BCUT2D eigenvalue weighted by Gasteiger charge is 2.15. The van der Waals surface area contributed by atoms with Crippen LogP contribution in [-0.2, 0) is 14.8 Å². The van der Waals surface area contributed by atoms with E-state index in [1.54, 1.807) is 24.3 Å². The summed E-state index contributed by atoms with van der Waals surface area (Å²) in [6, 6.07) is 10.3. The Morgan fingerprint density at radius 1 is 0.963 bits per heavy atom. The topological polar surface area (TPSA) is 104 Å². The van der Waals surface area contributed by atoms with Gasteiger partial charge in [0.15, 0.2) is 0 Å². The van der Waals surface area contributed by atoms with Crippen molar-refractivity contribution in [1.82, 2.24) is 10.0 Å². The summed E-state index contributed by atoms with van der Waals surface area (Å²) in [6.07, 6.45) is 0. The van der Waals surface area contributed by atoms with E-state index in [1.165, 1.54) is 25.1 Å². The third-order valence-electron chi connectivity index (χ3n) is 3.37. The Kier molecular flexibility index (Phi) is 7.20. The molecule has 0 heterocycles. The molecular formula is C17H17Cl2N3O4S. The van der Waals surface area contributed by atoms with Crippen molar-refractivity contribution in [1.29, 1.82) is 0 Å². The van der Waals surface area contributed by atoms with E-state index in [0.29, 0.717) is 11.3 Å². The summed E-state index contributed by atoms with van der Waals surface area (Å²) >= 11 is 11.6. The largest absolute Gasteiger partial charge is 0.351 e. The zero-order valence-electron chi connectivity index (χ0n) is 14.3. The van der Waals surface area contributed by atoms with Crippen molar-refractivity contribution in [3.8, 4) is 0 Å². The SMILES string of the molecule is CC(=O)Nc1ccc(C(=O)NCCNS(=O)(=O)c2ccc(Cl)c(Cl)c2)cc1. The first-order chi connectivity index (χ1) is 12.7. The first-order valence-electron chi connectivity index (χ1n) is 7.79. The Labute approximate surface area is 167 Å².